The fourth-order valence-corrected chi connectivity index (χ4v) is 3.63. The van der Waals surface area contributed by atoms with Crippen molar-refractivity contribution in [2.24, 2.45) is 5.92 Å². The van der Waals surface area contributed by atoms with Crippen LogP contribution in [0.2, 0.25) is 0 Å². The zero-order valence-electron chi connectivity index (χ0n) is 18.9. The third kappa shape index (κ3) is 5.72. The van der Waals surface area contributed by atoms with Crippen molar-refractivity contribution in [2.45, 2.75) is 72.0 Å². The molecule has 2 aromatic rings. The van der Waals surface area contributed by atoms with Gasteiger partial charge in [-0.1, -0.05) is 0 Å². The van der Waals surface area contributed by atoms with E-state index in [9.17, 15) is 4.79 Å². The van der Waals surface area contributed by atoms with Gasteiger partial charge in [0.2, 0.25) is 17.7 Å². The van der Waals surface area contributed by atoms with Crippen molar-refractivity contribution < 1.29 is 9.53 Å². The number of rotatable bonds is 7. The maximum atomic E-state index is 11.2. The van der Waals surface area contributed by atoms with Crippen LogP contribution >= 0.6 is 0 Å². The molecular formula is C22H31N7O2. The topological polar surface area (TPSA) is 98.3 Å². The number of hydrogen-bond acceptors (Lipinski definition) is 6. The van der Waals surface area contributed by atoms with E-state index in [1.807, 2.05) is 27.7 Å². The third-order valence-electron chi connectivity index (χ3n) is 5.61. The lowest BCUT2D eigenvalue weighted by Crippen LogP contribution is -2.37. The average molecular weight is 426 g/mol. The molecule has 166 valence electrons. The summed E-state index contributed by atoms with van der Waals surface area (Å²) in [5.41, 5.74) is 1.63. The van der Waals surface area contributed by atoms with Crippen molar-refractivity contribution in [1.29, 1.82) is 0 Å². The lowest BCUT2D eigenvalue weighted by atomic mass is 9.86. The van der Waals surface area contributed by atoms with Crippen molar-refractivity contribution in [1.82, 2.24) is 25.1 Å². The first-order chi connectivity index (χ1) is 14.7. The quantitative estimate of drug-likeness (QED) is 0.656. The lowest BCUT2D eigenvalue weighted by Gasteiger charge is -2.28. The van der Waals surface area contributed by atoms with E-state index >= 15 is 0 Å². The lowest BCUT2D eigenvalue weighted by molar-refractivity contribution is -0.119. The van der Waals surface area contributed by atoms with E-state index in [1.54, 1.807) is 24.0 Å². The van der Waals surface area contributed by atoms with Gasteiger partial charge in [0.15, 0.2) is 0 Å². The van der Waals surface area contributed by atoms with Gasteiger partial charge in [0, 0.05) is 38.6 Å². The van der Waals surface area contributed by atoms with E-state index in [0.29, 0.717) is 24.4 Å². The van der Waals surface area contributed by atoms with Crippen molar-refractivity contribution in [3.63, 3.8) is 0 Å². The maximum absolute atomic E-state index is 11.2. The Kier molecular flexibility index (Phi) is 6.78. The Bertz CT molecular complexity index is 969. The SMILES string of the molecule is [C-]#[N+]C(C)(C)n1cc(Nc2ncc(C)c(OCC3CCC(NC(C)=O)CC3)n2)c(C)n1. The van der Waals surface area contributed by atoms with Crippen LogP contribution in [0.15, 0.2) is 12.4 Å². The molecular weight excluding hydrogens is 394 g/mol. The molecule has 2 aromatic heterocycles. The number of amides is 1. The molecule has 2 heterocycles. The summed E-state index contributed by atoms with van der Waals surface area (Å²) < 4.78 is 7.68. The molecule has 1 fully saturated rings. The molecule has 1 saturated carbocycles. The molecule has 0 aromatic carbocycles. The Balaban J connectivity index is 1.61. The Morgan fingerprint density at radius 2 is 2.03 bits per heavy atom. The van der Waals surface area contributed by atoms with Crippen LogP contribution in [0.4, 0.5) is 11.6 Å². The number of anilines is 2. The molecule has 0 spiro atoms. The minimum atomic E-state index is -0.758. The highest BCUT2D eigenvalue weighted by Gasteiger charge is 2.27. The van der Waals surface area contributed by atoms with Crippen molar-refractivity contribution in [2.75, 3.05) is 11.9 Å². The monoisotopic (exact) mass is 425 g/mol. The standard InChI is InChI=1S/C22H31N7O2/c1-14-11-24-21(26-19-12-29(28-15(19)2)22(4,5)23-6)27-20(14)31-13-17-7-9-18(10-8-17)25-16(3)30/h11-12,17-18H,7-10,13H2,1-5H3,(H,25,30)(H,24,26,27). The van der Waals surface area contributed by atoms with E-state index < -0.39 is 5.66 Å². The van der Waals surface area contributed by atoms with E-state index in [-0.39, 0.29) is 11.9 Å². The number of nitrogens with one attached hydrogen (secondary N) is 2. The van der Waals surface area contributed by atoms with E-state index in [1.165, 1.54) is 0 Å². The normalized spacial score (nSPS) is 18.8. The molecule has 3 rings (SSSR count). The highest BCUT2D eigenvalue weighted by molar-refractivity contribution is 5.73. The first-order valence-corrected chi connectivity index (χ1v) is 10.6. The Morgan fingerprint density at radius 3 is 2.68 bits per heavy atom. The van der Waals surface area contributed by atoms with Crippen LogP contribution in [-0.4, -0.2) is 38.3 Å². The molecule has 1 amide bonds. The van der Waals surface area contributed by atoms with Crippen LogP contribution < -0.4 is 15.4 Å². The largest absolute Gasteiger partial charge is 0.477 e. The van der Waals surface area contributed by atoms with E-state index in [2.05, 4.69) is 30.5 Å². The highest BCUT2D eigenvalue weighted by Crippen LogP contribution is 2.27. The summed E-state index contributed by atoms with van der Waals surface area (Å²) in [5, 5.41) is 10.6. The zero-order chi connectivity index (χ0) is 22.6. The van der Waals surface area contributed by atoms with Crippen molar-refractivity contribution >= 4 is 17.5 Å². The highest BCUT2D eigenvalue weighted by atomic mass is 16.5. The number of aryl methyl sites for hydroxylation is 2. The minimum Gasteiger partial charge on any atom is -0.477 e. The van der Waals surface area contributed by atoms with Crippen molar-refractivity contribution in [3.05, 3.63) is 35.1 Å². The number of carbonyl (C=O) groups is 1. The summed E-state index contributed by atoms with van der Waals surface area (Å²) in [6, 6.07) is 0.280. The maximum Gasteiger partial charge on any atom is 0.319 e. The smallest absolute Gasteiger partial charge is 0.319 e. The van der Waals surface area contributed by atoms with Gasteiger partial charge < -0.3 is 15.4 Å². The van der Waals surface area contributed by atoms with Gasteiger partial charge in [-0.15, -0.1) is 0 Å². The second-order valence-electron chi connectivity index (χ2n) is 8.71. The molecule has 9 heteroatoms. The van der Waals surface area contributed by atoms with Crippen LogP contribution in [0.25, 0.3) is 4.85 Å². The molecule has 0 atom stereocenters. The Morgan fingerprint density at radius 1 is 1.32 bits per heavy atom. The molecule has 0 saturated heterocycles. The van der Waals surface area contributed by atoms with Gasteiger partial charge in [0.05, 0.1) is 24.2 Å². The first-order valence-electron chi connectivity index (χ1n) is 10.6. The fourth-order valence-electron chi connectivity index (χ4n) is 3.63. The Labute approximate surface area is 183 Å². The molecule has 31 heavy (non-hydrogen) atoms. The number of ether oxygens (including phenoxy) is 1. The number of nitrogens with zero attached hydrogens (tertiary/aromatic N) is 5. The molecule has 1 aliphatic carbocycles. The second kappa shape index (κ2) is 9.33. The summed E-state index contributed by atoms with van der Waals surface area (Å²) in [4.78, 5) is 23.7. The third-order valence-corrected chi connectivity index (χ3v) is 5.61. The first kappa shape index (κ1) is 22.5. The summed E-state index contributed by atoms with van der Waals surface area (Å²) >= 11 is 0. The molecule has 2 N–H and O–H groups in total. The fraction of sp³-hybridized carbons (Fsp3) is 0.591. The molecule has 1 aliphatic rings. The predicted molar refractivity (Wildman–Crippen MR) is 118 cm³/mol. The summed E-state index contributed by atoms with van der Waals surface area (Å²) in [6.45, 7) is 16.9. The Hall–Kier alpha value is -3.15. The van der Waals surface area contributed by atoms with Crippen LogP contribution in [0, 0.1) is 26.3 Å². The van der Waals surface area contributed by atoms with Gasteiger partial charge in [-0.2, -0.15) is 14.8 Å². The van der Waals surface area contributed by atoms with Gasteiger partial charge >= 0.3 is 5.66 Å². The van der Waals surface area contributed by atoms with Crippen LogP contribution in [0.3, 0.4) is 0 Å². The van der Waals surface area contributed by atoms with Crippen LogP contribution in [0.1, 0.15) is 57.7 Å². The molecule has 9 nitrogen and oxygen atoms in total. The number of aromatic nitrogens is 4. The molecule has 0 unspecified atom stereocenters. The molecule has 0 aliphatic heterocycles. The predicted octanol–water partition coefficient (Wildman–Crippen LogP) is 3.72. The minimum absolute atomic E-state index is 0.0368. The second-order valence-corrected chi connectivity index (χ2v) is 8.71. The molecule has 0 bridgehead atoms. The van der Waals surface area contributed by atoms with Gasteiger partial charge in [0.25, 0.3) is 0 Å². The molecule has 0 radical (unpaired) electrons. The summed E-state index contributed by atoms with van der Waals surface area (Å²) in [5.74, 6) is 1.48. The summed E-state index contributed by atoms with van der Waals surface area (Å²) in [7, 11) is 0. The van der Waals surface area contributed by atoms with E-state index in [0.717, 1.165) is 42.6 Å². The van der Waals surface area contributed by atoms with Crippen LogP contribution in [-0.2, 0) is 10.5 Å². The average Bonchev–Trinajstić information content (AvgIpc) is 3.10. The van der Waals surface area contributed by atoms with E-state index in [4.69, 9.17) is 11.3 Å². The van der Waals surface area contributed by atoms with Gasteiger partial charge in [-0.25, -0.2) is 11.6 Å². The summed E-state index contributed by atoms with van der Waals surface area (Å²) in [6.07, 6.45) is 7.54. The number of hydrogen-bond donors (Lipinski definition) is 2. The van der Waals surface area contributed by atoms with Gasteiger partial charge in [-0.05, 0) is 45.4 Å². The van der Waals surface area contributed by atoms with Gasteiger partial charge in [-0.3, -0.25) is 9.64 Å². The zero-order valence-corrected chi connectivity index (χ0v) is 18.9. The van der Waals surface area contributed by atoms with Crippen molar-refractivity contribution in [3.8, 4) is 5.88 Å². The van der Waals surface area contributed by atoms with Crippen LogP contribution in [0.5, 0.6) is 5.88 Å². The number of carbonyl (C=O) groups excluding carboxylic acids is 1. The van der Waals surface area contributed by atoms with Gasteiger partial charge in [0.1, 0.15) is 0 Å².